The molecule has 3 nitrogen and oxygen atoms in total. The Labute approximate surface area is 102 Å². The van der Waals surface area contributed by atoms with Crippen LogP contribution >= 0.6 is 15.9 Å². The minimum absolute atomic E-state index is 0.259. The molecule has 2 N–H and O–H groups in total. The van der Waals surface area contributed by atoms with Crippen molar-refractivity contribution in [2.75, 3.05) is 5.32 Å². The molecular weight excluding hydrogens is 268 g/mol. The first-order valence-electron chi connectivity index (χ1n) is 4.87. The summed E-state index contributed by atoms with van der Waals surface area (Å²) < 4.78 is 1.02. The van der Waals surface area contributed by atoms with E-state index in [-0.39, 0.29) is 5.75 Å². The van der Waals surface area contributed by atoms with Crippen LogP contribution in [0.3, 0.4) is 0 Å². The Hall–Kier alpha value is -1.55. The van der Waals surface area contributed by atoms with E-state index in [4.69, 9.17) is 0 Å². The van der Waals surface area contributed by atoms with E-state index < -0.39 is 0 Å². The fourth-order valence-electron chi connectivity index (χ4n) is 1.35. The zero-order valence-electron chi connectivity index (χ0n) is 8.52. The fraction of sp³-hybridized carbons (Fsp3) is 0.0833. The van der Waals surface area contributed by atoms with Crippen LogP contribution in [0, 0.1) is 0 Å². The van der Waals surface area contributed by atoms with E-state index in [1.165, 1.54) is 0 Å². The number of phenols is 1. The normalized spacial score (nSPS) is 10.1. The number of benzene rings is 1. The number of pyridine rings is 1. The Morgan fingerprint density at radius 2 is 2.19 bits per heavy atom. The van der Waals surface area contributed by atoms with E-state index in [1.54, 1.807) is 30.6 Å². The standard InChI is InChI=1S/C12H11BrN2O/c13-12-4-5-14-7-9(12)8-15-10-2-1-3-11(16)6-10/h1-7,15-16H,8H2. The highest BCUT2D eigenvalue weighted by atomic mass is 79.9. The second-order valence-electron chi connectivity index (χ2n) is 3.37. The molecule has 2 aromatic rings. The maximum atomic E-state index is 9.30. The van der Waals surface area contributed by atoms with Crippen LogP contribution < -0.4 is 5.32 Å². The first kappa shape index (κ1) is 11.0. The van der Waals surface area contributed by atoms with Gasteiger partial charge in [0.25, 0.3) is 0 Å². The van der Waals surface area contributed by atoms with Gasteiger partial charge in [0.1, 0.15) is 5.75 Å². The Morgan fingerprint density at radius 3 is 2.94 bits per heavy atom. The summed E-state index contributed by atoms with van der Waals surface area (Å²) in [4.78, 5) is 4.06. The van der Waals surface area contributed by atoms with Crippen molar-refractivity contribution in [1.29, 1.82) is 0 Å². The van der Waals surface area contributed by atoms with Crippen molar-refractivity contribution in [1.82, 2.24) is 4.98 Å². The van der Waals surface area contributed by atoms with E-state index in [2.05, 4.69) is 26.2 Å². The number of rotatable bonds is 3. The molecule has 16 heavy (non-hydrogen) atoms. The summed E-state index contributed by atoms with van der Waals surface area (Å²) in [6.07, 6.45) is 3.54. The highest BCUT2D eigenvalue weighted by molar-refractivity contribution is 9.10. The van der Waals surface area contributed by atoms with Crippen molar-refractivity contribution in [3.63, 3.8) is 0 Å². The monoisotopic (exact) mass is 278 g/mol. The Morgan fingerprint density at radius 1 is 1.31 bits per heavy atom. The second kappa shape index (κ2) is 4.99. The molecule has 4 heteroatoms. The predicted octanol–water partition coefficient (Wildman–Crippen LogP) is 3.16. The topological polar surface area (TPSA) is 45.1 Å². The average molecular weight is 279 g/mol. The van der Waals surface area contributed by atoms with Crippen LogP contribution in [0.2, 0.25) is 0 Å². The molecule has 0 atom stereocenters. The van der Waals surface area contributed by atoms with Gasteiger partial charge < -0.3 is 10.4 Å². The van der Waals surface area contributed by atoms with Crippen LogP contribution in [0.4, 0.5) is 5.69 Å². The van der Waals surface area contributed by atoms with Crippen LogP contribution in [0.1, 0.15) is 5.56 Å². The second-order valence-corrected chi connectivity index (χ2v) is 4.23. The quantitative estimate of drug-likeness (QED) is 0.907. The number of aromatic hydroxyl groups is 1. The van der Waals surface area contributed by atoms with Crippen LogP contribution in [0.5, 0.6) is 5.75 Å². The lowest BCUT2D eigenvalue weighted by molar-refractivity contribution is 0.475. The molecule has 0 saturated carbocycles. The number of nitrogens with zero attached hydrogens (tertiary/aromatic N) is 1. The summed E-state index contributed by atoms with van der Waals surface area (Å²) in [5.74, 6) is 0.259. The summed E-state index contributed by atoms with van der Waals surface area (Å²) in [5.41, 5.74) is 1.96. The molecule has 0 bridgehead atoms. The molecule has 0 unspecified atom stereocenters. The molecule has 1 aromatic carbocycles. The number of hydrogen-bond donors (Lipinski definition) is 2. The van der Waals surface area contributed by atoms with Gasteiger partial charge in [0, 0.05) is 40.7 Å². The highest BCUT2D eigenvalue weighted by Gasteiger charge is 1.99. The Bertz CT molecular complexity index is 488. The first-order chi connectivity index (χ1) is 7.75. The van der Waals surface area contributed by atoms with Gasteiger partial charge in [0.15, 0.2) is 0 Å². The van der Waals surface area contributed by atoms with Gasteiger partial charge >= 0.3 is 0 Å². The number of hydrogen-bond acceptors (Lipinski definition) is 3. The lowest BCUT2D eigenvalue weighted by Crippen LogP contribution is -2.00. The molecule has 0 fully saturated rings. The molecule has 0 spiro atoms. The third kappa shape index (κ3) is 2.73. The van der Waals surface area contributed by atoms with Gasteiger partial charge in [-0.2, -0.15) is 0 Å². The summed E-state index contributed by atoms with van der Waals surface area (Å²) >= 11 is 3.45. The average Bonchev–Trinajstić information content (AvgIpc) is 2.28. The van der Waals surface area contributed by atoms with Gasteiger partial charge in [-0.15, -0.1) is 0 Å². The van der Waals surface area contributed by atoms with Gasteiger partial charge in [0.2, 0.25) is 0 Å². The first-order valence-corrected chi connectivity index (χ1v) is 5.66. The van der Waals surface area contributed by atoms with Crippen LogP contribution in [0.15, 0.2) is 47.2 Å². The lowest BCUT2D eigenvalue weighted by Gasteiger charge is -2.07. The maximum Gasteiger partial charge on any atom is 0.117 e. The van der Waals surface area contributed by atoms with Crippen molar-refractivity contribution >= 4 is 21.6 Å². The Kier molecular flexibility index (Phi) is 3.41. The summed E-state index contributed by atoms with van der Waals surface area (Å²) in [6, 6.07) is 8.94. The number of aromatic nitrogens is 1. The largest absolute Gasteiger partial charge is 0.508 e. The molecule has 0 saturated heterocycles. The molecule has 1 heterocycles. The zero-order valence-corrected chi connectivity index (χ0v) is 10.1. The fourth-order valence-corrected chi connectivity index (χ4v) is 1.71. The molecule has 0 aliphatic rings. The smallest absolute Gasteiger partial charge is 0.117 e. The summed E-state index contributed by atoms with van der Waals surface area (Å²) in [5, 5.41) is 12.5. The summed E-state index contributed by atoms with van der Waals surface area (Å²) in [7, 11) is 0. The summed E-state index contributed by atoms with van der Waals surface area (Å²) in [6.45, 7) is 0.665. The van der Waals surface area contributed by atoms with Gasteiger partial charge in [-0.1, -0.05) is 22.0 Å². The minimum atomic E-state index is 0.259. The van der Waals surface area contributed by atoms with E-state index in [9.17, 15) is 5.11 Å². The molecule has 0 radical (unpaired) electrons. The molecule has 82 valence electrons. The Balaban J connectivity index is 2.05. The lowest BCUT2D eigenvalue weighted by atomic mass is 10.2. The van der Waals surface area contributed by atoms with Gasteiger partial charge in [0.05, 0.1) is 0 Å². The molecule has 0 aliphatic carbocycles. The number of nitrogens with one attached hydrogen (secondary N) is 1. The van der Waals surface area contributed by atoms with Gasteiger partial charge in [-0.3, -0.25) is 4.98 Å². The molecule has 0 amide bonds. The number of anilines is 1. The molecular formula is C12H11BrN2O. The van der Waals surface area contributed by atoms with E-state index in [1.807, 2.05) is 12.1 Å². The molecule has 0 aliphatic heterocycles. The zero-order chi connectivity index (χ0) is 11.4. The third-order valence-corrected chi connectivity index (χ3v) is 2.95. The van der Waals surface area contributed by atoms with Crippen molar-refractivity contribution in [3.05, 3.63) is 52.8 Å². The van der Waals surface area contributed by atoms with Crippen molar-refractivity contribution in [2.45, 2.75) is 6.54 Å². The van der Waals surface area contributed by atoms with Crippen LogP contribution in [0.25, 0.3) is 0 Å². The number of phenolic OH excluding ortho intramolecular Hbond substituents is 1. The number of halogens is 1. The third-order valence-electron chi connectivity index (χ3n) is 2.17. The van der Waals surface area contributed by atoms with Gasteiger partial charge in [-0.05, 0) is 18.2 Å². The maximum absolute atomic E-state index is 9.30. The van der Waals surface area contributed by atoms with E-state index in [0.717, 1.165) is 15.7 Å². The SMILES string of the molecule is Oc1cccc(NCc2cnccc2Br)c1. The molecule has 1 aromatic heterocycles. The van der Waals surface area contributed by atoms with Crippen LogP contribution in [-0.4, -0.2) is 10.1 Å². The molecule has 2 rings (SSSR count). The van der Waals surface area contributed by atoms with Crippen LogP contribution in [-0.2, 0) is 6.54 Å². The van der Waals surface area contributed by atoms with Crippen molar-refractivity contribution < 1.29 is 5.11 Å². The van der Waals surface area contributed by atoms with Gasteiger partial charge in [-0.25, -0.2) is 0 Å². The highest BCUT2D eigenvalue weighted by Crippen LogP contribution is 2.19. The van der Waals surface area contributed by atoms with E-state index in [0.29, 0.717) is 6.54 Å². The van der Waals surface area contributed by atoms with Crippen molar-refractivity contribution in [2.24, 2.45) is 0 Å². The van der Waals surface area contributed by atoms with Crippen molar-refractivity contribution in [3.8, 4) is 5.75 Å². The minimum Gasteiger partial charge on any atom is -0.508 e. The predicted molar refractivity (Wildman–Crippen MR) is 67.4 cm³/mol. The van der Waals surface area contributed by atoms with E-state index >= 15 is 0 Å².